The Morgan fingerprint density at radius 2 is 1.47 bits per heavy atom. The lowest BCUT2D eigenvalue weighted by atomic mass is 9.87. The summed E-state index contributed by atoms with van der Waals surface area (Å²) in [7, 11) is -3.21. The molecule has 0 spiro atoms. The molecule has 168 valence electrons. The second-order valence-electron chi connectivity index (χ2n) is 7.70. The Hall–Kier alpha value is -3.06. The summed E-state index contributed by atoms with van der Waals surface area (Å²) in [6.45, 7) is 0.161. The summed E-state index contributed by atoms with van der Waals surface area (Å²) in [6, 6.07) is 18.7. The highest BCUT2D eigenvalue weighted by Gasteiger charge is 2.16. The van der Waals surface area contributed by atoms with Gasteiger partial charge in [-0.05, 0) is 65.9 Å². The second-order valence-corrected chi connectivity index (χ2v) is 9.84. The van der Waals surface area contributed by atoms with Crippen LogP contribution in [0.4, 0.5) is 8.78 Å². The Morgan fingerprint density at radius 3 is 2.00 bits per heavy atom. The third kappa shape index (κ3) is 6.99. The third-order valence-electron chi connectivity index (χ3n) is 5.01. The zero-order chi connectivity index (χ0) is 23.1. The van der Waals surface area contributed by atoms with Crippen LogP contribution < -0.4 is 0 Å². The Kier molecular flexibility index (Phi) is 7.75. The van der Waals surface area contributed by atoms with Crippen molar-refractivity contribution in [1.82, 2.24) is 0 Å². The van der Waals surface area contributed by atoms with E-state index in [0.29, 0.717) is 24.0 Å². The van der Waals surface area contributed by atoms with E-state index in [1.165, 1.54) is 30.3 Å². The van der Waals surface area contributed by atoms with Crippen LogP contribution in [0.5, 0.6) is 0 Å². The molecular formula is C25H24F2O4S. The van der Waals surface area contributed by atoms with Crippen LogP contribution in [0.25, 0.3) is 0 Å². The molecule has 0 aliphatic heterocycles. The largest absolute Gasteiger partial charge is 0.462 e. The standard InChI is InChI=1S/C25H24F2O4S/c1-32(29,30)17-18-4-2-5-21(16-18)25(28)31-15-3-6-24(19-7-11-22(26)12-8-19)20-9-13-23(27)14-10-20/h2,4-5,7-14,16,24H,3,6,15,17H2,1H3. The van der Waals surface area contributed by atoms with Gasteiger partial charge in [0.25, 0.3) is 0 Å². The molecule has 4 nitrogen and oxygen atoms in total. The molecule has 0 N–H and O–H groups in total. The first-order valence-electron chi connectivity index (χ1n) is 10.2. The summed E-state index contributed by atoms with van der Waals surface area (Å²) >= 11 is 0. The molecule has 0 heterocycles. The number of ether oxygens (including phenoxy) is 1. The molecule has 3 aromatic rings. The zero-order valence-electron chi connectivity index (χ0n) is 17.6. The molecule has 0 fully saturated rings. The summed E-state index contributed by atoms with van der Waals surface area (Å²) in [5.74, 6) is -1.45. The lowest BCUT2D eigenvalue weighted by Gasteiger charge is -2.18. The predicted molar refractivity (Wildman–Crippen MR) is 119 cm³/mol. The highest BCUT2D eigenvalue weighted by atomic mass is 32.2. The summed E-state index contributed by atoms with van der Waals surface area (Å²) in [5, 5.41) is 0. The van der Waals surface area contributed by atoms with E-state index >= 15 is 0 Å². The first-order valence-corrected chi connectivity index (χ1v) is 12.2. The first kappa shape index (κ1) is 23.6. The molecule has 0 aliphatic rings. The molecule has 7 heteroatoms. The van der Waals surface area contributed by atoms with Crippen molar-refractivity contribution in [3.8, 4) is 0 Å². The SMILES string of the molecule is CS(=O)(=O)Cc1cccc(C(=O)OCCCC(c2ccc(F)cc2)c2ccc(F)cc2)c1. The van der Waals surface area contributed by atoms with Crippen LogP contribution in [0, 0.1) is 11.6 Å². The minimum atomic E-state index is -3.21. The van der Waals surface area contributed by atoms with Crippen LogP contribution in [0.3, 0.4) is 0 Å². The van der Waals surface area contributed by atoms with Crippen molar-refractivity contribution in [3.05, 3.63) is 107 Å². The van der Waals surface area contributed by atoms with Gasteiger partial charge in [0, 0.05) is 12.2 Å². The number of halogens is 2. The van der Waals surface area contributed by atoms with Gasteiger partial charge in [0.05, 0.1) is 17.9 Å². The van der Waals surface area contributed by atoms with E-state index < -0.39 is 15.8 Å². The van der Waals surface area contributed by atoms with Crippen molar-refractivity contribution in [2.75, 3.05) is 12.9 Å². The molecule has 0 saturated carbocycles. The van der Waals surface area contributed by atoms with Crippen LogP contribution in [0.2, 0.25) is 0 Å². The van der Waals surface area contributed by atoms with Crippen molar-refractivity contribution in [2.24, 2.45) is 0 Å². The average molecular weight is 459 g/mol. The van der Waals surface area contributed by atoms with E-state index in [4.69, 9.17) is 4.74 Å². The molecule has 0 bridgehead atoms. The summed E-state index contributed by atoms with van der Waals surface area (Å²) in [5.41, 5.74) is 2.59. The van der Waals surface area contributed by atoms with Gasteiger partial charge >= 0.3 is 5.97 Å². The molecule has 0 aliphatic carbocycles. The van der Waals surface area contributed by atoms with Crippen LogP contribution in [-0.2, 0) is 20.3 Å². The highest BCUT2D eigenvalue weighted by Crippen LogP contribution is 2.29. The summed E-state index contributed by atoms with van der Waals surface area (Å²) < 4.78 is 55.0. The smallest absolute Gasteiger partial charge is 0.338 e. The highest BCUT2D eigenvalue weighted by molar-refractivity contribution is 7.89. The number of carbonyl (C=O) groups is 1. The number of esters is 1. The zero-order valence-corrected chi connectivity index (χ0v) is 18.4. The topological polar surface area (TPSA) is 60.4 Å². The molecule has 0 amide bonds. The fourth-order valence-electron chi connectivity index (χ4n) is 3.54. The average Bonchev–Trinajstić information content (AvgIpc) is 2.74. The lowest BCUT2D eigenvalue weighted by molar-refractivity contribution is 0.0497. The van der Waals surface area contributed by atoms with E-state index in [1.54, 1.807) is 42.5 Å². The Bertz CT molecular complexity index is 1110. The normalized spacial score (nSPS) is 11.5. The fraction of sp³-hybridized carbons (Fsp3) is 0.240. The fourth-order valence-corrected chi connectivity index (χ4v) is 4.33. The van der Waals surface area contributed by atoms with Crippen LogP contribution in [0.1, 0.15) is 45.8 Å². The van der Waals surface area contributed by atoms with Gasteiger partial charge in [-0.25, -0.2) is 22.0 Å². The monoisotopic (exact) mass is 458 g/mol. The number of hydrogen-bond donors (Lipinski definition) is 0. The summed E-state index contributed by atoms with van der Waals surface area (Å²) in [6.07, 6.45) is 2.28. The van der Waals surface area contributed by atoms with E-state index in [1.807, 2.05) is 0 Å². The molecule has 0 atom stereocenters. The third-order valence-corrected chi connectivity index (χ3v) is 5.86. The number of benzene rings is 3. The van der Waals surface area contributed by atoms with Gasteiger partial charge in [-0.2, -0.15) is 0 Å². The Balaban J connectivity index is 1.62. The quantitative estimate of drug-likeness (QED) is 0.323. The maximum absolute atomic E-state index is 13.3. The molecule has 0 radical (unpaired) electrons. The number of rotatable bonds is 9. The van der Waals surface area contributed by atoms with Crippen LogP contribution in [-0.4, -0.2) is 27.2 Å². The van der Waals surface area contributed by atoms with E-state index in [2.05, 4.69) is 0 Å². The molecule has 32 heavy (non-hydrogen) atoms. The minimum absolute atomic E-state index is 0.104. The van der Waals surface area contributed by atoms with Gasteiger partial charge in [0.15, 0.2) is 9.84 Å². The van der Waals surface area contributed by atoms with Gasteiger partial charge in [0.1, 0.15) is 11.6 Å². The maximum atomic E-state index is 13.3. The molecule has 0 unspecified atom stereocenters. The van der Waals surface area contributed by atoms with Crippen molar-refractivity contribution in [3.63, 3.8) is 0 Å². The van der Waals surface area contributed by atoms with E-state index in [0.717, 1.165) is 17.4 Å². The van der Waals surface area contributed by atoms with Crippen molar-refractivity contribution in [2.45, 2.75) is 24.5 Å². The molecule has 3 rings (SSSR count). The van der Waals surface area contributed by atoms with Gasteiger partial charge < -0.3 is 4.74 Å². The van der Waals surface area contributed by atoms with Gasteiger partial charge in [-0.15, -0.1) is 0 Å². The maximum Gasteiger partial charge on any atom is 0.338 e. The number of sulfone groups is 1. The van der Waals surface area contributed by atoms with Gasteiger partial charge in [0.2, 0.25) is 0 Å². The van der Waals surface area contributed by atoms with Gasteiger partial charge in [-0.3, -0.25) is 0 Å². The minimum Gasteiger partial charge on any atom is -0.462 e. The Morgan fingerprint density at radius 1 is 0.906 bits per heavy atom. The molecule has 0 saturated heterocycles. The van der Waals surface area contributed by atoms with Crippen LogP contribution >= 0.6 is 0 Å². The van der Waals surface area contributed by atoms with Crippen molar-refractivity contribution >= 4 is 15.8 Å². The van der Waals surface area contributed by atoms with E-state index in [9.17, 15) is 22.0 Å². The van der Waals surface area contributed by atoms with Crippen LogP contribution in [0.15, 0.2) is 72.8 Å². The predicted octanol–water partition coefficient (Wildman–Crippen LogP) is 5.28. The number of carbonyl (C=O) groups excluding carboxylic acids is 1. The molecule has 3 aromatic carbocycles. The summed E-state index contributed by atoms with van der Waals surface area (Å²) in [4.78, 5) is 12.4. The molecular weight excluding hydrogens is 434 g/mol. The molecule has 0 aromatic heterocycles. The Labute approximate surface area is 186 Å². The van der Waals surface area contributed by atoms with Gasteiger partial charge in [-0.1, -0.05) is 36.4 Å². The van der Waals surface area contributed by atoms with Crippen molar-refractivity contribution < 1.29 is 26.7 Å². The van der Waals surface area contributed by atoms with E-state index in [-0.39, 0.29) is 29.9 Å². The second kappa shape index (κ2) is 10.5. The number of hydrogen-bond acceptors (Lipinski definition) is 4. The lowest BCUT2D eigenvalue weighted by Crippen LogP contribution is -2.09. The first-order chi connectivity index (χ1) is 15.2. The van der Waals surface area contributed by atoms with Crippen molar-refractivity contribution in [1.29, 1.82) is 0 Å².